The highest BCUT2D eigenvalue weighted by Gasteiger charge is 2.35. The fourth-order valence-electron chi connectivity index (χ4n) is 3.55. The molecule has 0 radical (unpaired) electrons. The van der Waals surface area contributed by atoms with Gasteiger partial charge in [0.05, 0.1) is 11.2 Å². The van der Waals surface area contributed by atoms with E-state index in [9.17, 15) is 8.42 Å². The first-order chi connectivity index (χ1) is 11.6. The third-order valence-electron chi connectivity index (χ3n) is 4.82. The van der Waals surface area contributed by atoms with Crippen molar-refractivity contribution in [3.05, 3.63) is 22.9 Å². The average molecular weight is 368 g/mol. The number of thiazole rings is 1. The number of rotatable bonds is 4. The molecule has 4 heterocycles. The van der Waals surface area contributed by atoms with Crippen LogP contribution in [0.25, 0.3) is 0 Å². The predicted octanol–water partition coefficient (Wildman–Crippen LogP) is 1.81. The van der Waals surface area contributed by atoms with Gasteiger partial charge < -0.3 is 4.57 Å². The van der Waals surface area contributed by atoms with E-state index in [1.807, 2.05) is 6.92 Å². The van der Waals surface area contributed by atoms with Crippen LogP contribution in [0.3, 0.4) is 0 Å². The molecule has 7 nitrogen and oxygen atoms in total. The van der Waals surface area contributed by atoms with Gasteiger partial charge in [-0.05, 0) is 25.7 Å². The Bertz CT molecular complexity index is 842. The quantitative estimate of drug-likeness (QED) is 0.823. The molecule has 0 N–H and O–H groups in total. The summed E-state index contributed by atoms with van der Waals surface area (Å²) in [6, 6.07) is 0. The molecule has 2 aromatic rings. The van der Waals surface area contributed by atoms with Gasteiger partial charge in [0, 0.05) is 32.0 Å². The Balaban J connectivity index is 1.58. The predicted molar refractivity (Wildman–Crippen MR) is 90.6 cm³/mol. The van der Waals surface area contributed by atoms with Crippen molar-refractivity contribution in [2.45, 2.75) is 55.7 Å². The highest BCUT2D eigenvalue weighted by atomic mass is 32.2. The third kappa shape index (κ3) is 2.68. The van der Waals surface area contributed by atoms with Crippen molar-refractivity contribution < 1.29 is 8.42 Å². The van der Waals surface area contributed by atoms with Gasteiger partial charge in [-0.3, -0.25) is 0 Å². The average Bonchev–Trinajstić information content (AvgIpc) is 3.31. The molecule has 1 saturated heterocycles. The highest BCUT2D eigenvalue weighted by Crippen LogP contribution is 2.32. The summed E-state index contributed by atoms with van der Waals surface area (Å²) in [4.78, 5) is 4.20. The number of hydrogen-bond donors (Lipinski definition) is 0. The minimum atomic E-state index is -3.46. The monoisotopic (exact) mass is 367 g/mol. The van der Waals surface area contributed by atoms with Crippen molar-refractivity contribution in [2.24, 2.45) is 0 Å². The Hall–Kier alpha value is -1.32. The molecule has 1 atom stereocenters. The third-order valence-corrected chi connectivity index (χ3v) is 8.26. The van der Waals surface area contributed by atoms with Gasteiger partial charge in [-0.1, -0.05) is 6.92 Å². The zero-order chi connectivity index (χ0) is 16.7. The van der Waals surface area contributed by atoms with Gasteiger partial charge in [0.25, 0.3) is 10.0 Å². The first-order valence-electron chi connectivity index (χ1n) is 8.46. The first kappa shape index (κ1) is 16.2. The van der Waals surface area contributed by atoms with Gasteiger partial charge in [0.15, 0.2) is 4.21 Å². The van der Waals surface area contributed by atoms with Crippen LogP contribution >= 0.6 is 11.3 Å². The zero-order valence-electron chi connectivity index (χ0n) is 13.7. The van der Waals surface area contributed by atoms with Crippen molar-refractivity contribution in [3.8, 4) is 0 Å². The molecule has 0 aliphatic carbocycles. The van der Waals surface area contributed by atoms with E-state index in [0.717, 1.165) is 55.3 Å². The zero-order valence-corrected chi connectivity index (χ0v) is 15.3. The summed E-state index contributed by atoms with van der Waals surface area (Å²) in [5.74, 6) is 2.13. The topological polar surface area (TPSA) is 81.0 Å². The second-order valence-electron chi connectivity index (χ2n) is 6.36. The van der Waals surface area contributed by atoms with E-state index in [-0.39, 0.29) is 5.92 Å². The summed E-state index contributed by atoms with van der Waals surface area (Å²) in [6.45, 7) is 3.99. The number of sulfonamides is 1. The fraction of sp³-hybridized carbons (Fsp3) is 0.667. The number of piperidine rings is 1. The second-order valence-corrected chi connectivity index (χ2v) is 9.64. The summed E-state index contributed by atoms with van der Waals surface area (Å²) in [5, 5.41) is 9.48. The number of nitrogens with zero attached hydrogens (tertiary/aromatic N) is 5. The molecule has 2 aliphatic heterocycles. The lowest BCUT2D eigenvalue weighted by molar-refractivity contribution is 0.305. The van der Waals surface area contributed by atoms with Crippen LogP contribution in [-0.2, 0) is 29.4 Å². The summed E-state index contributed by atoms with van der Waals surface area (Å²) in [6.07, 6.45) is 6.15. The molecule has 0 amide bonds. The summed E-state index contributed by atoms with van der Waals surface area (Å²) >= 11 is 1.28. The van der Waals surface area contributed by atoms with Crippen LogP contribution in [0.1, 0.15) is 48.8 Å². The van der Waals surface area contributed by atoms with E-state index in [1.165, 1.54) is 17.5 Å². The normalized spacial score (nSPS) is 22.0. The number of aryl methyl sites for hydroxylation is 2. The van der Waals surface area contributed by atoms with E-state index < -0.39 is 10.0 Å². The van der Waals surface area contributed by atoms with Crippen molar-refractivity contribution in [2.75, 3.05) is 13.1 Å². The lowest BCUT2D eigenvalue weighted by Gasteiger charge is -2.30. The van der Waals surface area contributed by atoms with Gasteiger partial charge in [-0.2, -0.15) is 4.31 Å². The molecule has 0 bridgehead atoms. The van der Waals surface area contributed by atoms with Crippen LogP contribution in [0.5, 0.6) is 0 Å². The van der Waals surface area contributed by atoms with Gasteiger partial charge in [-0.15, -0.1) is 21.5 Å². The maximum absolute atomic E-state index is 12.9. The first-order valence-corrected chi connectivity index (χ1v) is 10.7. The molecule has 2 aromatic heterocycles. The maximum Gasteiger partial charge on any atom is 0.254 e. The van der Waals surface area contributed by atoms with Gasteiger partial charge in [0.1, 0.15) is 11.6 Å². The van der Waals surface area contributed by atoms with Crippen molar-refractivity contribution in [3.63, 3.8) is 0 Å². The standard InChI is InChI=1S/C15H21N5O2S2/c1-2-13-16-9-14(23-13)24(21,22)19-7-3-5-11(10-19)15-18-17-12-6-4-8-20(12)15/h9,11H,2-8,10H2,1H3. The Kier molecular flexibility index (Phi) is 4.17. The van der Waals surface area contributed by atoms with Gasteiger partial charge >= 0.3 is 0 Å². The summed E-state index contributed by atoms with van der Waals surface area (Å²) < 4.78 is 30.0. The van der Waals surface area contributed by atoms with Crippen molar-refractivity contribution in [1.29, 1.82) is 0 Å². The van der Waals surface area contributed by atoms with Crippen LogP contribution in [0.2, 0.25) is 0 Å². The van der Waals surface area contributed by atoms with E-state index in [4.69, 9.17) is 0 Å². The Labute approximate surface area is 145 Å². The maximum atomic E-state index is 12.9. The van der Waals surface area contributed by atoms with E-state index in [2.05, 4.69) is 19.7 Å². The molecular formula is C15H21N5O2S2. The van der Waals surface area contributed by atoms with Crippen LogP contribution in [0, 0.1) is 0 Å². The lowest BCUT2D eigenvalue weighted by atomic mass is 9.99. The van der Waals surface area contributed by atoms with E-state index in [0.29, 0.717) is 17.3 Å². The molecule has 2 aliphatic rings. The van der Waals surface area contributed by atoms with E-state index >= 15 is 0 Å². The summed E-state index contributed by atoms with van der Waals surface area (Å²) in [5.41, 5.74) is 0. The minimum absolute atomic E-state index is 0.131. The molecule has 0 aromatic carbocycles. The molecular weight excluding hydrogens is 346 g/mol. The van der Waals surface area contributed by atoms with Crippen molar-refractivity contribution in [1.82, 2.24) is 24.1 Å². The van der Waals surface area contributed by atoms with Crippen LogP contribution in [0.15, 0.2) is 10.4 Å². The Morgan fingerprint density at radius 2 is 2.17 bits per heavy atom. The SMILES string of the molecule is CCc1ncc(S(=O)(=O)N2CCCC(c3nnc4n3CCC4)C2)s1. The lowest BCUT2D eigenvalue weighted by Crippen LogP contribution is -2.39. The smallest absolute Gasteiger partial charge is 0.254 e. The second kappa shape index (κ2) is 6.20. The Morgan fingerprint density at radius 1 is 1.29 bits per heavy atom. The van der Waals surface area contributed by atoms with Crippen molar-refractivity contribution >= 4 is 21.4 Å². The number of hydrogen-bond acceptors (Lipinski definition) is 6. The number of aromatic nitrogens is 4. The van der Waals surface area contributed by atoms with Crippen LogP contribution < -0.4 is 0 Å². The minimum Gasteiger partial charge on any atom is -0.315 e. The molecule has 9 heteroatoms. The molecule has 0 saturated carbocycles. The molecule has 130 valence electrons. The fourth-order valence-corrected chi connectivity index (χ4v) is 6.35. The van der Waals surface area contributed by atoms with Gasteiger partial charge in [-0.25, -0.2) is 13.4 Å². The molecule has 1 fully saturated rings. The van der Waals surface area contributed by atoms with Gasteiger partial charge in [0.2, 0.25) is 0 Å². The largest absolute Gasteiger partial charge is 0.315 e. The van der Waals surface area contributed by atoms with Crippen LogP contribution in [0.4, 0.5) is 0 Å². The molecule has 4 rings (SSSR count). The highest BCUT2D eigenvalue weighted by molar-refractivity contribution is 7.91. The molecule has 0 spiro atoms. The molecule has 24 heavy (non-hydrogen) atoms. The van der Waals surface area contributed by atoms with Crippen LogP contribution in [-0.4, -0.2) is 45.6 Å². The summed E-state index contributed by atoms with van der Waals surface area (Å²) in [7, 11) is -3.46. The molecule has 1 unspecified atom stereocenters. The van der Waals surface area contributed by atoms with E-state index in [1.54, 1.807) is 4.31 Å². The number of fused-ring (bicyclic) bond motifs is 1. The Morgan fingerprint density at radius 3 is 2.96 bits per heavy atom.